The van der Waals surface area contributed by atoms with Gasteiger partial charge in [0, 0.05) is 12.6 Å². The van der Waals surface area contributed by atoms with Crippen LogP contribution < -0.4 is 10.6 Å². The van der Waals surface area contributed by atoms with Crippen molar-refractivity contribution in [1.82, 2.24) is 0 Å². The van der Waals surface area contributed by atoms with Crippen LogP contribution in [0.4, 0.5) is 11.4 Å². The number of halogens is 1. The summed E-state index contributed by atoms with van der Waals surface area (Å²) < 4.78 is 6.08. The molecule has 1 unspecified atom stereocenters. The third kappa shape index (κ3) is 3.89. The molecule has 1 amide bonds. The summed E-state index contributed by atoms with van der Waals surface area (Å²) in [5.41, 5.74) is 1.17. The third-order valence-electron chi connectivity index (χ3n) is 3.69. The van der Waals surface area contributed by atoms with Crippen molar-refractivity contribution in [2.45, 2.75) is 58.3 Å². The normalized spacial score (nSPS) is 22.9. The molecule has 0 aliphatic carbocycles. The van der Waals surface area contributed by atoms with Crippen LogP contribution in [-0.2, 0) is 9.53 Å². The average molecular weight is 311 g/mol. The standard InChI is InChI=1S/C16H23ClN2O2/c1-10(20)18-13-7-6-11(8-12(13)17)19-14-9-15(2,3)21-16(14,4)5/h6-8,14,19H,9H2,1-5H3,(H,18,20). The average Bonchev–Trinajstić information content (AvgIpc) is 2.50. The van der Waals surface area contributed by atoms with Crippen molar-refractivity contribution in [2.24, 2.45) is 0 Å². The molecule has 1 aliphatic rings. The summed E-state index contributed by atoms with van der Waals surface area (Å²) in [7, 11) is 0. The van der Waals surface area contributed by atoms with Gasteiger partial charge in [-0.25, -0.2) is 0 Å². The molecule has 0 spiro atoms. The van der Waals surface area contributed by atoms with E-state index in [4.69, 9.17) is 16.3 Å². The molecule has 0 bridgehead atoms. The van der Waals surface area contributed by atoms with Crippen LogP contribution in [0.15, 0.2) is 18.2 Å². The van der Waals surface area contributed by atoms with Crippen molar-refractivity contribution in [3.8, 4) is 0 Å². The van der Waals surface area contributed by atoms with Gasteiger partial charge in [0.1, 0.15) is 0 Å². The second-order valence-corrected chi connectivity index (χ2v) is 7.15. The molecule has 1 aliphatic heterocycles. The quantitative estimate of drug-likeness (QED) is 0.885. The Hall–Kier alpha value is -1.26. The van der Waals surface area contributed by atoms with Gasteiger partial charge in [-0.1, -0.05) is 11.6 Å². The first-order valence-corrected chi connectivity index (χ1v) is 7.51. The fourth-order valence-electron chi connectivity index (χ4n) is 2.88. The van der Waals surface area contributed by atoms with E-state index in [1.807, 2.05) is 12.1 Å². The van der Waals surface area contributed by atoms with Crippen molar-refractivity contribution in [2.75, 3.05) is 10.6 Å². The summed E-state index contributed by atoms with van der Waals surface area (Å²) in [6.07, 6.45) is 0.922. The van der Waals surface area contributed by atoms with Gasteiger partial charge in [0.05, 0.1) is 28.0 Å². The molecule has 116 valence electrons. The second-order valence-electron chi connectivity index (χ2n) is 6.74. The van der Waals surface area contributed by atoms with E-state index in [1.165, 1.54) is 6.92 Å². The van der Waals surface area contributed by atoms with Gasteiger partial charge < -0.3 is 15.4 Å². The SMILES string of the molecule is CC(=O)Nc1ccc(NC2CC(C)(C)OC2(C)C)cc1Cl. The second kappa shape index (κ2) is 5.50. The molecular weight excluding hydrogens is 288 g/mol. The van der Waals surface area contributed by atoms with Crippen LogP contribution in [0, 0.1) is 0 Å². The van der Waals surface area contributed by atoms with Crippen molar-refractivity contribution in [3.05, 3.63) is 23.2 Å². The van der Waals surface area contributed by atoms with E-state index in [1.54, 1.807) is 6.07 Å². The fourth-order valence-corrected chi connectivity index (χ4v) is 3.11. The molecule has 0 saturated carbocycles. The molecule has 0 aromatic heterocycles. The Bertz CT molecular complexity index is 555. The van der Waals surface area contributed by atoms with Crippen LogP contribution in [0.5, 0.6) is 0 Å². The van der Waals surface area contributed by atoms with Crippen LogP contribution >= 0.6 is 11.6 Å². The Morgan fingerprint density at radius 2 is 2.00 bits per heavy atom. The van der Waals surface area contributed by atoms with E-state index < -0.39 is 0 Å². The number of nitrogens with one attached hydrogen (secondary N) is 2. The van der Waals surface area contributed by atoms with Gasteiger partial charge in [-0.15, -0.1) is 0 Å². The van der Waals surface area contributed by atoms with Gasteiger partial charge >= 0.3 is 0 Å². The summed E-state index contributed by atoms with van der Waals surface area (Å²) >= 11 is 6.20. The van der Waals surface area contributed by atoms with E-state index in [9.17, 15) is 4.79 Å². The van der Waals surface area contributed by atoms with E-state index in [2.05, 4.69) is 38.3 Å². The Morgan fingerprint density at radius 1 is 1.33 bits per heavy atom. The Balaban J connectivity index is 2.14. The Labute approximate surface area is 131 Å². The first-order valence-electron chi connectivity index (χ1n) is 7.13. The van der Waals surface area contributed by atoms with Crippen LogP contribution in [0.25, 0.3) is 0 Å². The summed E-state index contributed by atoms with van der Waals surface area (Å²) in [5, 5.41) is 6.71. The van der Waals surface area contributed by atoms with Gasteiger partial charge in [-0.2, -0.15) is 0 Å². The predicted octanol–water partition coefficient (Wildman–Crippen LogP) is 4.06. The number of carbonyl (C=O) groups excluding carboxylic acids is 1. The molecular formula is C16H23ClN2O2. The van der Waals surface area contributed by atoms with Gasteiger partial charge in [-0.3, -0.25) is 4.79 Å². The Morgan fingerprint density at radius 3 is 2.48 bits per heavy atom. The summed E-state index contributed by atoms with van der Waals surface area (Å²) in [6.45, 7) is 9.84. The number of anilines is 2. The Kier molecular flexibility index (Phi) is 4.22. The number of benzene rings is 1. The van der Waals surface area contributed by atoms with Gasteiger partial charge in [0.25, 0.3) is 0 Å². The van der Waals surface area contributed by atoms with Crippen LogP contribution in [0.1, 0.15) is 41.0 Å². The van der Waals surface area contributed by atoms with Crippen LogP contribution in [-0.4, -0.2) is 23.2 Å². The lowest BCUT2D eigenvalue weighted by Gasteiger charge is -2.28. The zero-order valence-electron chi connectivity index (χ0n) is 13.2. The van der Waals surface area contributed by atoms with E-state index >= 15 is 0 Å². The van der Waals surface area contributed by atoms with Gasteiger partial charge in [-0.05, 0) is 52.3 Å². The highest BCUT2D eigenvalue weighted by atomic mass is 35.5. The molecule has 0 radical (unpaired) electrons. The summed E-state index contributed by atoms with van der Waals surface area (Å²) in [5.74, 6) is -0.135. The van der Waals surface area contributed by atoms with Gasteiger partial charge in [0.15, 0.2) is 0 Å². The minimum absolute atomic E-state index is 0.135. The lowest BCUT2D eigenvalue weighted by Crippen LogP contribution is -2.38. The predicted molar refractivity (Wildman–Crippen MR) is 87.0 cm³/mol. The zero-order valence-corrected chi connectivity index (χ0v) is 14.0. The highest BCUT2D eigenvalue weighted by molar-refractivity contribution is 6.34. The molecule has 1 heterocycles. The van der Waals surface area contributed by atoms with Crippen molar-refractivity contribution in [3.63, 3.8) is 0 Å². The zero-order chi connectivity index (χ0) is 15.8. The summed E-state index contributed by atoms with van der Waals surface area (Å²) in [6, 6.07) is 5.75. The molecule has 1 fully saturated rings. The first-order chi connectivity index (χ1) is 9.59. The maximum absolute atomic E-state index is 11.1. The topological polar surface area (TPSA) is 50.4 Å². The lowest BCUT2D eigenvalue weighted by atomic mass is 9.94. The first kappa shape index (κ1) is 16.1. The number of hydrogen-bond donors (Lipinski definition) is 2. The maximum atomic E-state index is 11.1. The molecule has 4 nitrogen and oxygen atoms in total. The fraction of sp³-hybridized carbons (Fsp3) is 0.562. The number of ether oxygens (including phenoxy) is 1. The monoisotopic (exact) mass is 310 g/mol. The van der Waals surface area contributed by atoms with E-state index in [0.717, 1.165) is 12.1 Å². The highest BCUT2D eigenvalue weighted by Gasteiger charge is 2.45. The molecule has 1 atom stereocenters. The minimum Gasteiger partial charge on any atom is -0.379 e. The summed E-state index contributed by atoms with van der Waals surface area (Å²) in [4.78, 5) is 11.1. The van der Waals surface area contributed by atoms with E-state index in [0.29, 0.717) is 10.7 Å². The molecule has 1 aromatic rings. The lowest BCUT2D eigenvalue weighted by molar-refractivity contribution is -0.114. The molecule has 1 saturated heterocycles. The number of amides is 1. The van der Waals surface area contributed by atoms with Crippen molar-refractivity contribution in [1.29, 1.82) is 0 Å². The maximum Gasteiger partial charge on any atom is 0.221 e. The molecule has 2 N–H and O–H groups in total. The number of carbonyl (C=O) groups is 1. The number of rotatable bonds is 3. The smallest absolute Gasteiger partial charge is 0.221 e. The largest absolute Gasteiger partial charge is 0.379 e. The van der Waals surface area contributed by atoms with Crippen molar-refractivity contribution >= 4 is 28.9 Å². The number of hydrogen-bond acceptors (Lipinski definition) is 3. The minimum atomic E-state index is -0.244. The van der Waals surface area contributed by atoms with Gasteiger partial charge in [0.2, 0.25) is 5.91 Å². The van der Waals surface area contributed by atoms with E-state index in [-0.39, 0.29) is 23.2 Å². The molecule has 1 aromatic carbocycles. The van der Waals surface area contributed by atoms with Crippen LogP contribution in [0.2, 0.25) is 5.02 Å². The highest BCUT2D eigenvalue weighted by Crippen LogP contribution is 2.39. The molecule has 2 rings (SSSR count). The molecule has 21 heavy (non-hydrogen) atoms. The molecule has 5 heteroatoms. The van der Waals surface area contributed by atoms with Crippen molar-refractivity contribution < 1.29 is 9.53 Å². The van der Waals surface area contributed by atoms with Crippen LogP contribution in [0.3, 0.4) is 0 Å². The third-order valence-corrected chi connectivity index (χ3v) is 4.01.